The molecule has 1 unspecified atom stereocenters. The van der Waals surface area contributed by atoms with Crippen LogP contribution in [0.3, 0.4) is 0 Å². The number of hydrogen-bond acceptors (Lipinski definition) is 3. The average Bonchev–Trinajstić information content (AvgIpc) is 2.87. The maximum absolute atomic E-state index is 9.27. The van der Waals surface area contributed by atoms with Crippen LogP contribution in [0.5, 0.6) is 0 Å². The minimum atomic E-state index is -0.0143. The van der Waals surface area contributed by atoms with Gasteiger partial charge >= 0.3 is 0 Å². The van der Waals surface area contributed by atoms with Gasteiger partial charge in [-0.1, -0.05) is 26.8 Å². The van der Waals surface area contributed by atoms with Crippen LogP contribution in [0.2, 0.25) is 0 Å². The van der Waals surface area contributed by atoms with Crippen molar-refractivity contribution >= 4 is 5.69 Å². The van der Waals surface area contributed by atoms with E-state index in [9.17, 15) is 5.26 Å². The van der Waals surface area contributed by atoms with Gasteiger partial charge in [-0.25, -0.2) is 0 Å². The van der Waals surface area contributed by atoms with Crippen LogP contribution < -0.4 is 4.90 Å². The smallest absolute Gasteiger partial charge is 0.101 e. The van der Waals surface area contributed by atoms with Gasteiger partial charge in [0.2, 0.25) is 0 Å². The first kappa shape index (κ1) is 13.9. The van der Waals surface area contributed by atoms with E-state index >= 15 is 0 Å². The number of aliphatic hydroxyl groups is 1. The molecule has 3 nitrogen and oxygen atoms in total. The fourth-order valence-electron chi connectivity index (χ4n) is 2.73. The Kier molecular flexibility index (Phi) is 3.82. The normalized spacial score (nSPS) is 19.5. The fraction of sp³-hybridized carbons (Fsp3) is 0.562. The maximum atomic E-state index is 9.27. The molecule has 1 N–H and O–H groups in total. The molecule has 0 aromatic heterocycles. The van der Waals surface area contributed by atoms with Gasteiger partial charge < -0.3 is 10.0 Å². The second-order valence-electron chi connectivity index (χ2n) is 6.42. The summed E-state index contributed by atoms with van der Waals surface area (Å²) in [6.45, 7) is 8.84. The van der Waals surface area contributed by atoms with Crippen LogP contribution in [0, 0.1) is 22.7 Å². The van der Waals surface area contributed by atoms with E-state index in [4.69, 9.17) is 5.11 Å². The number of benzene rings is 1. The highest BCUT2D eigenvalue weighted by Gasteiger charge is 2.32. The van der Waals surface area contributed by atoms with Crippen molar-refractivity contribution in [3.63, 3.8) is 0 Å². The molecule has 1 saturated heterocycles. The Bertz CT molecular complexity index is 496. The highest BCUT2D eigenvalue weighted by atomic mass is 16.3. The summed E-state index contributed by atoms with van der Waals surface area (Å²) in [5, 5.41) is 18.4. The van der Waals surface area contributed by atoms with Gasteiger partial charge in [0.25, 0.3) is 0 Å². The third-order valence-corrected chi connectivity index (χ3v) is 4.12. The molecular formula is C16H22N2O. The van der Waals surface area contributed by atoms with Crippen molar-refractivity contribution < 1.29 is 5.11 Å². The van der Waals surface area contributed by atoms with Crippen LogP contribution in [-0.2, 0) is 6.61 Å². The molecule has 3 heteroatoms. The highest BCUT2D eigenvalue weighted by Crippen LogP contribution is 2.36. The molecule has 2 rings (SSSR count). The Morgan fingerprint density at radius 2 is 2.16 bits per heavy atom. The number of nitrogens with zero attached hydrogens (tertiary/aromatic N) is 2. The summed E-state index contributed by atoms with van der Waals surface area (Å²) in [4.78, 5) is 2.30. The Hall–Kier alpha value is -1.53. The standard InChI is InChI=1S/C16H22N2O/c1-16(2,3)14-6-7-18(10-14)15-5-4-12(11-19)8-13(15)9-17/h4-5,8,14,19H,6-7,10-11H2,1-3H3. The molecule has 1 aliphatic rings. The van der Waals surface area contributed by atoms with E-state index in [0.29, 0.717) is 16.9 Å². The number of hydrogen-bond donors (Lipinski definition) is 1. The van der Waals surface area contributed by atoms with Crippen LogP contribution >= 0.6 is 0 Å². The van der Waals surface area contributed by atoms with E-state index in [1.165, 1.54) is 6.42 Å². The average molecular weight is 258 g/mol. The topological polar surface area (TPSA) is 47.3 Å². The van der Waals surface area contributed by atoms with E-state index < -0.39 is 0 Å². The molecule has 102 valence electrons. The van der Waals surface area contributed by atoms with E-state index in [1.807, 2.05) is 12.1 Å². The van der Waals surface area contributed by atoms with Crippen LogP contribution in [0.15, 0.2) is 18.2 Å². The van der Waals surface area contributed by atoms with Crippen molar-refractivity contribution in [3.05, 3.63) is 29.3 Å². The van der Waals surface area contributed by atoms with Gasteiger partial charge in [-0.3, -0.25) is 0 Å². The predicted octanol–water partition coefficient (Wildman–Crippen LogP) is 2.92. The summed E-state index contributed by atoms with van der Waals surface area (Å²) in [5.74, 6) is 0.663. The first-order valence-corrected chi connectivity index (χ1v) is 6.84. The Morgan fingerprint density at radius 3 is 2.68 bits per heavy atom. The molecule has 19 heavy (non-hydrogen) atoms. The molecule has 1 aromatic rings. The summed E-state index contributed by atoms with van der Waals surface area (Å²) in [6, 6.07) is 7.91. The second kappa shape index (κ2) is 5.22. The van der Waals surface area contributed by atoms with Gasteiger partial charge in [-0.2, -0.15) is 5.26 Å². The molecule has 0 aliphatic carbocycles. The number of nitriles is 1. The van der Waals surface area contributed by atoms with Gasteiger partial charge in [0.15, 0.2) is 0 Å². The first-order valence-electron chi connectivity index (χ1n) is 6.84. The SMILES string of the molecule is CC(C)(C)C1CCN(c2ccc(CO)cc2C#N)C1. The van der Waals surface area contributed by atoms with Gasteiger partial charge in [0.1, 0.15) is 6.07 Å². The molecule has 0 bridgehead atoms. The molecule has 1 aliphatic heterocycles. The molecule has 1 aromatic carbocycles. The summed E-state index contributed by atoms with van der Waals surface area (Å²) < 4.78 is 0. The fourth-order valence-corrected chi connectivity index (χ4v) is 2.73. The molecule has 0 amide bonds. The monoisotopic (exact) mass is 258 g/mol. The van der Waals surface area contributed by atoms with Crippen molar-refractivity contribution in [1.82, 2.24) is 0 Å². The first-order chi connectivity index (χ1) is 8.95. The molecule has 0 radical (unpaired) electrons. The van der Waals surface area contributed by atoms with E-state index in [2.05, 4.69) is 31.7 Å². The number of rotatable bonds is 2. The molecule has 1 atom stereocenters. The zero-order valence-electron chi connectivity index (χ0n) is 12.0. The van der Waals surface area contributed by atoms with Crippen molar-refractivity contribution in [1.29, 1.82) is 5.26 Å². The summed E-state index contributed by atoms with van der Waals surface area (Å²) in [7, 11) is 0. The van der Waals surface area contributed by atoms with Crippen LogP contribution in [-0.4, -0.2) is 18.2 Å². The maximum Gasteiger partial charge on any atom is 0.101 e. The predicted molar refractivity (Wildman–Crippen MR) is 76.9 cm³/mol. The summed E-state index contributed by atoms with van der Waals surface area (Å²) in [6.07, 6.45) is 1.18. The third-order valence-electron chi connectivity index (χ3n) is 4.12. The molecular weight excluding hydrogens is 236 g/mol. The minimum absolute atomic E-state index is 0.0143. The second-order valence-corrected chi connectivity index (χ2v) is 6.42. The Labute approximate surface area is 115 Å². The zero-order valence-corrected chi connectivity index (χ0v) is 12.0. The lowest BCUT2D eigenvalue weighted by atomic mass is 9.80. The highest BCUT2D eigenvalue weighted by molar-refractivity contribution is 5.61. The van der Waals surface area contributed by atoms with Gasteiger partial charge in [-0.05, 0) is 35.4 Å². The summed E-state index contributed by atoms with van der Waals surface area (Å²) >= 11 is 0. The van der Waals surface area contributed by atoms with E-state index in [1.54, 1.807) is 6.07 Å². The van der Waals surface area contributed by atoms with E-state index in [-0.39, 0.29) is 6.61 Å². The van der Waals surface area contributed by atoms with Crippen molar-refractivity contribution in [3.8, 4) is 6.07 Å². The molecule has 0 spiro atoms. The Morgan fingerprint density at radius 1 is 1.42 bits per heavy atom. The quantitative estimate of drug-likeness (QED) is 0.887. The largest absolute Gasteiger partial charge is 0.392 e. The van der Waals surface area contributed by atoms with E-state index in [0.717, 1.165) is 24.3 Å². The van der Waals surface area contributed by atoms with Crippen LogP contribution in [0.25, 0.3) is 0 Å². The Balaban J connectivity index is 2.23. The molecule has 1 heterocycles. The van der Waals surface area contributed by atoms with Crippen LogP contribution in [0.4, 0.5) is 5.69 Å². The van der Waals surface area contributed by atoms with Crippen molar-refractivity contribution in [2.24, 2.45) is 11.3 Å². The van der Waals surface area contributed by atoms with Crippen LogP contribution in [0.1, 0.15) is 38.3 Å². The van der Waals surface area contributed by atoms with Gasteiger partial charge in [-0.15, -0.1) is 0 Å². The van der Waals surface area contributed by atoms with Crippen molar-refractivity contribution in [2.75, 3.05) is 18.0 Å². The number of anilines is 1. The lowest BCUT2D eigenvalue weighted by Gasteiger charge is -2.27. The van der Waals surface area contributed by atoms with Gasteiger partial charge in [0, 0.05) is 13.1 Å². The minimum Gasteiger partial charge on any atom is -0.392 e. The summed E-state index contributed by atoms with van der Waals surface area (Å²) in [5.41, 5.74) is 2.78. The lowest BCUT2D eigenvalue weighted by molar-refractivity contribution is 0.263. The van der Waals surface area contributed by atoms with Crippen molar-refractivity contribution in [2.45, 2.75) is 33.8 Å². The molecule has 1 fully saturated rings. The molecule has 0 saturated carbocycles. The lowest BCUT2D eigenvalue weighted by Crippen LogP contribution is -2.26. The number of aliphatic hydroxyl groups excluding tert-OH is 1. The third kappa shape index (κ3) is 2.90. The van der Waals surface area contributed by atoms with Gasteiger partial charge in [0.05, 0.1) is 17.9 Å². The zero-order chi connectivity index (χ0) is 14.0.